The van der Waals surface area contributed by atoms with Crippen molar-refractivity contribution >= 4 is 59.6 Å². The fourth-order valence-electron chi connectivity index (χ4n) is 1.75. The van der Waals surface area contributed by atoms with Gasteiger partial charge in [0.1, 0.15) is 12.4 Å². The van der Waals surface area contributed by atoms with Crippen LogP contribution < -0.4 is 4.74 Å². The van der Waals surface area contributed by atoms with Crippen molar-refractivity contribution in [2.75, 3.05) is 6.61 Å². The summed E-state index contributed by atoms with van der Waals surface area (Å²) in [6.07, 6.45) is 0. The fourth-order valence-corrected chi connectivity index (χ4v) is 4.41. The zero-order chi connectivity index (χ0) is 13.4. The number of rotatable bonds is 3. The van der Waals surface area contributed by atoms with E-state index in [-0.39, 0.29) is 0 Å². The smallest absolute Gasteiger partial charge is 0.218 e. The minimum Gasteiger partial charge on any atom is -0.491 e. The number of hydrogen-bond donors (Lipinski definition) is 0. The highest BCUT2D eigenvalue weighted by Gasteiger charge is 2.26. The first-order valence-electron chi connectivity index (χ1n) is 5.46. The number of halogens is 3. The highest BCUT2D eigenvalue weighted by Crippen LogP contribution is 2.33. The first kappa shape index (κ1) is 13.9. The fraction of sp³-hybridized carbons (Fsp3) is 0.273. The van der Waals surface area contributed by atoms with E-state index in [1.807, 2.05) is 22.9 Å². The molecule has 2 heterocycles. The Hall–Kier alpha value is -0.0500. The second kappa shape index (κ2) is 5.75. The Balaban J connectivity index is 1.61. The summed E-state index contributed by atoms with van der Waals surface area (Å²) < 4.78 is 10.4. The molecule has 1 aromatic heterocycles. The van der Waals surface area contributed by atoms with E-state index in [0.29, 0.717) is 16.6 Å². The Morgan fingerprint density at radius 2 is 2.21 bits per heavy atom. The molecule has 2 aromatic rings. The van der Waals surface area contributed by atoms with Gasteiger partial charge in [-0.3, -0.25) is 0 Å². The van der Waals surface area contributed by atoms with Gasteiger partial charge in [0.2, 0.25) is 4.73 Å². The van der Waals surface area contributed by atoms with Crippen molar-refractivity contribution in [1.29, 1.82) is 0 Å². The second-order valence-electron chi connectivity index (χ2n) is 3.97. The van der Waals surface area contributed by atoms with Gasteiger partial charge in [0.15, 0.2) is 5.16 Å². The molecule has 3 rings (SSSR count). The van der Waals surface area contributed by atoms with Crippen LogP contribution in [0.5, 0.6) is 5.75 Å². The molecule has 0 saturated heterocycles. The lowest BCUT2D eigenvalue weighted by Crippen LogP contribution is -2.16. The van der Waals surface area contributed by atoms with Crippen LogP contribution in [0, 0.1) is 0 Å². The molecule has 0 spiro atoms. The number of thioether (sulfide) groups is 1. The molecule has 8 heteroatoms. The minimum atomic E-state index is 0.346. The van der Waals surface area contributed by atoms with Crippen LogP contribution in [-0.2, 0) is 6.54 Å². The van der Waals surface area contributed by atoms with Crippen LogP contribution in [0.2, 0.25) is 0 Å². The number of nitrogens with zero attached hydrogens (tertiary/aromatic N) is 3. The van der Waals surface area contributed by atoms with Crippen LogP contribution >= 0.6 is 59.6 Å². The third kappa shape index (κ3) is 3.17. The molecule has 100 valence electrons. The summed E-state index contributed by atoms with van der Waals surface area (Å²) in [5.74, 6) is 0.850. The molecule has 4 nitrogen and oxygen atoms in total. The topological polar surface area (TPSA) is 39.9 Å². The van der Waals surface area contributed by atoms with Crippen LogP contribution in [0.1, 0.15) is 0 Å². The first-order chi connectivity index (χ1) is 9.11. The Morgan fingerprint density at radius 3 is 2.95 bits per heavy atom. The van der Waals surface area contributed by atoms with Gasteiger partial charge in [-0.1, -0.05) is 27.7 Å². The largest absolute Gasteiger partial charge is 0.491 e. The van der Waals surface area contributed by atoms with E-state index in [9.17, 15) is 0 Å². The summed E-state index contributed by atoms with van der Waals surface area (Å²) >= 11 is 11.9. The SMILES string of the molecule is Brc1ccc(OCC2Cn3nc(Br)nc3S2)c(Br)c1. The van der Waals surface area contributed by atoms with Gasteiger partial charge in [-0.25, -0.2) is 4.68 Å². The van der Waals surface area contributed by atoms with Crippen molar-refractivity contribution in [3.8, 4) is 5.75 Å². The number of aromatic nitrogens is 3. The molecule has 1 aromatic carbocycles. The maximum Gasteiger partial charge on any atom is 0.218 e. The number of benzene rings is 1. The summed E-state index contributed by atoms with van der Waals surface area (Å²) in [4.78, 5) is 4.29. The van der Waals surface area contributed by atoms with E-state index in [1.54, 1.807) is 11.8 Å². The van der Waals surface area contributed by atoms with Crippen LogP contribution in [0.4, 0.5) is 0 Å². The molecule has 0 amide bonds. The Bertz CT molecular complexity index is 596. The summed E-state index contributed by atoms with van der Waals surface area (Å²) in [5, 5.41) is 5.54. The zero-order valence-electron chi connectivity index (χ0n) is 9.52. The molecule has 0 saturated carbocycles. The van der Waals surface area contributed by atoms with Gasteiger partial charge >= 0.3 is 0 Å². The normalized spacial score (nSPS) is 17.5. The average Bonchev–Trinajstić information content (AvgIpc) is 2.84. The van der Waals surface area contributed by atoms with Gasteiger partial charge in [0.05, 0.1) is 16.3 Å². The highest BCUT2D eigenvalue weighted by atomic mass is 79.9. The summed E-state index contributed by atoms with van der Waals surface area (Å²) in [5.41, 5.74) is 0. The molecule has 1 unspecified atom stereocenters. The number of hydrogen-bond acceptors (Lipinski definition) is 4. The van der Waals surface area contributed by atoms with E-state index in [0.717, 1.165) is 26.4 Å². The van der Waals surface area contributed by atoms with Crippen LogP contribution in [-0.4, -0.2) is 26.6 Å². The van der Waals surface area contributed by atoms with Crippen molar-refractivity contribution in [3.05, 3.63) is 31.9 Å². The molecule has 1 atom stereocenters. The molecule has 0 aliphatic carbocycles. The van der Waals surface area contributed by atoms with Crippen LogP contribution in [0.3, 0.4) is 0 Å². The summed E-state index contributed by atoms with van der Waals surface area (Å²) in [6, 6.07) is 5.88. The number of ether oxygens (including phenoxy) is 1. The van der Waals surface area contributed by atoms with Crippen molar-refractivity contribution in [3.63, 3.8) is 0 Å². The molecular formula is C11H8Br3N3OS. The van der Waals surface area contributed by atoms with Gasteiger partial charge in [0.25, 0.3) is 0 Å². The zero-order valence-corrected chi connectivity index (χ0v) is 15.1. The molecule has 1 aliphatic heterocycles. The van der Waals surface area contributed by atoms with Gasteiger partial charge < -0.3 is 4.74 Å². The third-order valence-electron chi connectivity index (χ3n) is 2.58. The average molecular weight is 470 g/mol. The molecular weight excluding hydrogens is 462 g/mol. The predicted molar refractivity (Wildman–Crippen MR) is 84.7 cm³/mol. The van der Waals surface area contributed by atoms with Gasteiger partial charge in [-0.15, -0.1) is 5.10 Å². The molecule has 1 aliphatic rings. The second-order valence-corrected chi connectivity index (χ2v) is 7.72. The van der Waals surface area contributed by atoms with Gasteiger partial charge in [-0.05, 0) is 50.1 Å². The predicted octanol–water partition coefficient (Wildman–Crippen LogP) is 4.12. The van der Waals surface area contributed by atoms with E-state index in [2.05, 4.69) is 57.9 Å². The van der Waals surface area contributed by atoms with E-state index < -0.39 is 0 Å². The molecule has 0 N–H and O–H groups in total. The van der Waals surface area contributed by atoms with Crippen molar-refractivity contribution in [2.24, 2.45) is 0 Å². The minimum absolute atomic E-state index is 0.346. The summed E-state index contributed by atoms with van der Waals surface area (Å²) in [7, 11) is 0. The Kier molecular flexibility index (Phi) is 4.21. The van der Waals surface area contributed by atoms with Crippen molar-refractivity contribution < 1.29 is 4.74 Å². The molecule has 0 fully saturated rings. The molecule has 19 heavy (non-hydrogen) atoms. The maximum absolute atomic E-state index is 5.84. The molecule has 0 bridgehead atoms. The van der Waals surface area contributed by atoms with Crippen LogP contribution in [0.15, 0.2) is 37.0 Å². The van der Waals surface area contributed by atoms with Gasteiger partial charge in [0, 0.05) is 4.47 Å². The monoisotopic (exact) mass is 467 g/mol. The quantitative estimate of drug-likeness (QED) is 0.678. The van der Waals surface area contributed by atoms with Crippen LogP contribution in [0.25, 0.3) is 0 Å². The van der Waals surface area contributed by atoms with Crippen molar-refractivity contribution in [2.45, 2.75) is 17.0 Å². The number of fused-ring (bicyclic) bond motifs is 1. The van der Waals surface area contributed by atoms with E-state index >= 15 is 0 Å². The summed E-state index contributed by atoms with van der Waals surface area (Å²) in [6.45, 7) is 1.46. The van der Waals surface area contributed by atoms with Gasteiger partial charge in [-0.2, -0.15) is 4.98 Å². The Morgan fingerprint density at radius 1 is 1.37 bits per heavy atom. The van der Waals surface area contributed by atoms with Crippen molar-refractivity contribution in [1.82, 2.24) is 14.8 Å². The third-order valence-corrected chi connectivity index (χ3v) is 5.16. The molecule has 0 radical (unpaired) electrons. The van der Waals surface area contributed by atoms with E-state index in [4.69, 9.17) is 4.74 Å². The lowest BCUT2D eigenvalue weighted by atomic mass is 10.3. The lowest BCUT2D eigenvalue weighted by molar-refractivity contribution is 0.305. The van der Waals surface area contributed by atoms with E-state index in [1.165, 1.54) is 0 Å². The standard InChI is InChI=1S/C11H8Br3N3OS/c12-6-1-2-9(8(13)3-6)18-5-7-4-17-11(19-7)15-10(14)16-17/h1-3,7H,4-5H2. The Labute approximate surface area is 139 Å². The maximum atomic E-state index is 5.84. The highest BCUT2D eigenvalue weighted by molar-refractivity contribution is 9.11. The first-order valence-corrected chi connectivity index (χ1v) is 8.72. The lowest BCUT2D eigenvalue weighted by Gasteiger charge is -2.11.